The number of anilines is 1. The van der Waals surface area contributed by atoms with E-state index in [0.29, 0.717) is 17.9 Å². The Labute approximate surface area is 119 Å². The quantitative estimate of drug-likeness (QED) is 0.668. The summed E-state index contributed by atoms with van der Waals surface area (Å²) in [6.45, 7) is 8.53. The number of nitrogens with one attached hydrogen (secondary N) is 1. The predicted molar refractivity (Wildman–Crippen MR) is 78.2 cm³/mol. The first kappa shape index (κ1) is 14.8. The fourth-order valence-electron chi connectivity index (χ4n) is 2.83. The summed E-state index contributed by atoms with van der Waals surface area (Å²) < 4.78 is 1.66. The van der Waals surface area contributed by atoms with Crippen LogP contribution in [0.3, 0.4) is 0 Å². The molecule has 20 heavy (non-hydrogen) atoms. The molecule has 1 saturated heterocycles. The first-order valence-corrected chi connectivity index (χ1v) is 7.06. The van der Waals surface area contributed by atoms with E-state index in [4.69, 9.17) is 0 Å². The molecule has 0 atom stereocenters. The lowest BCUT2D eigenvalue weighted by molar-refractivity contribution is -0.384. The van der Waals surface area contributed by atoms with Gasteiger partial charge in [0, 0.05) is 32.2 Å². The molecular weight excluding hydrogens is 258 g/mol. The number of nitrogens with zero attached hydrogens (tertiary/aromatic N) is 4. The standard InChI is InChI=1S/C13H23N5O2/c1-5-6-10-11(18(19)20)12(16(4)15-10)17-8-7-14-13(2,3)9-17/h14H,5-9H2,1-4H3. The van der Waals surface area contributed by atoms with Crippen LogP contribution in [0.15, 0.2) is 0 Å². The topological polar surface area (TPSA) is 76.2 Å². The average molecular weight is 281 g/mol. The molecule has 0 spiro atoms. The summed E-state index contributed by atoms with van der Waals surface area (Å²) in [5.74, 6) is 0.632. The molecule has 7 heteroatoms. The fourth-order valence-corrected chi connectivity index (χ4v) is 2.83. The molecule has 1 N–H and O–H groups in total. The molecule has 0 bridgehead atoms. The zero-order valence-corrected chi connectivity index (χ0v) is 12.6. The molecule has 0 unspecified atom stereocenters. The van der Waals surface area contributed by atoms with Gasteiger partial charge in [0.1, 0.15) is 5.69 Å². The average Bonchev–Trinajstić information content (AvgIpc) is 2.65. The van der Waals surface area contributed by atoms with E-state index in [9.17, 15) is 10.1 Å². The highest BCUT2D eigenvalue weighted by Gasteiger charge is 2.34. The summed E-state index contributed by atoms with van der Waals surface area (Å²) in [5.41, 5.74) is 0.708. The molecule has 0 amide bonds. The minimum absolute atomic E-state index is 0.0543. The Morgan fingerprint density at radius 1 is 1.50 bits per heavy atom. The summed E-state index contributed by atoms with van der Waals surface area (Å²) in [6, 6.07) is 0. The van der Waals surface area contributed by atoms with Crippen LogP contribution in [-0.2, 0) is 13.5 Å². The van der Waals surface area contributed by atoms with Crippen molar-refractivity contribution in [2.24, 2.45) is 7.05 Å². The van der Waals surface area contributed by atoms with Crippen LogP contribution in [0.4, 0.5) is 11.5 Å². The molecule has 0 radical (unpaired) electrons. The summed E-state index contributed by atoms with van der Waals surface area (Å²) in [7, 11) is 1.79. The van der Waals surface area contributed by atoms with Gasteiger partial charge in [-0.25, -0.2) is 4.68 Å². The highest BCUT2D eigenvalue weighted by atomic mass is 16.6. The van der Waals surface area contributed by atoms with Gasteiger partial charge in [0.15, 0.2) is 0 Å². The van der Waals surface area contributed by atoms with Crippen molar-refractivity contribution < 1.29 is 4.92 Å². The lowest BCUT2D eigenvalue weighted by atomic mass is 10.0. The molecule has 112 valence electrons. The van der Waals surface area contributed by atoms with Crippen molar-refractivity contribution in [3.8, 4) is 0 Å². The second kappa shape index (κ2) is 5.40. The molecule has 7 nitrogen and oxygen atoms in total. The largest absolute Gasteiger partial charge is 0.348 e. The van der Waals surface area contributed by atoms with Gasteiger partial charge >= 0.3 is 5.69 Å². The lowest BCUT2D eigenvalue weighted by Crippen LogP contribution is -2.57. The Kier molecular flexibility index (Phi) is 3.99. The minimum Gasteiger partial charge on any atom is -0.348 e. The maximum absolute atomic E-state index is 11.4. The number of piperazine rings is 1. The monoisotopic (exact) mass is 281 g/mol. The van der Waals surface area contributed by atoms with Crippen LogP contribution < -0.4 is 10.2 Å². The molecule has 2 rings (SSSR count). The third-order valence-corrected chi connectivity index (χ3v) is 3.60. The van der Waals surface area contributed by atoms with Crippen molar-refractivity contribution >= 4 is 11.5 Å². The Morgan fingerprint density at radius 2 is 2.20 bits per heavy atom. The molecule has 0 aliphatic carbocycles. The van der Waals surface area contributed by atoms with Crippen molar-refractivity contribution in [1.29, 1.82) is 0 Å². The van der Waals surface area contributed by atoms with Crippen LogP contribution in [0.5, 0.6) is 0 Å². The van der Waals surface area contributed by atoms with E-state index in [0.717, 1.165) is 26.1 Å². The molecule has 1 aromatic heterocycles. The highest BCUT2D eigenvalue weighted by Crippen LogP contribution is 2.33. The van der Waals surface area contributed by atoms with Gasteiger partial charge in [0.25, 0.3) is 0 Å². The fraction of sp³-hybridized carbons (Fsp3) is 0.769. The number of hydrogen-bond donors (Lipinski definition) is 1. The van der Waals surface area contributed by atoms with E-state index in [2.05, 4.69) is 29.2 Å². The second-order valence-corrected chi connectivity index (χ2v) is 5.98. The number of aromatic nitrogens is 2. The molecule has 1 fully saturated rings. The van der Waals surface area contributed by atoms with Gasteiger partial charge in [-0.15, -0.1) is 0 Å². The molecule has 1 aliphatic heterocycles. The molecule has 0 saturated carbocycles. The van der Waals surface area contributed by atoms with Crippen molar-refractivity contribution in [1.82, 2.24) is 15.1 Å². The molecular formula is C13H23N5O2. The zero-order valence-electron chi connectivity index (χ0n) is 12.6. The van der Waals surface area contributed by atoms with E-state index < -0.39 is 0 Å². The number of aryl methyl sites for hydroxylation is 2. The van der Waals surface area contributed by atoms with Crippen molar-refractivity contribution in [3.63, 3.8) is 0 Å². The SMILES string of the molecule is CCCc1nn(C)c(N2CCNC(C)(C)C2)c1[N+](=O)[O-]. The summed E-state index contributed by atoms with van der Waals surface area (Å²) >= 11 is 0. The zero-order chi connectivity index (χ0) is 14.9. The minimum atomic E-state index is -0.289. The Morgan fingerprint density at radius 3 is 2.75 bits per heavy atom. The van der Waals surface area contributed by atoms with Gasteiger partial charge in [0.05, 0.1) is 4.92 Å². The highest BCUT2D eigenvalue weighted by molar-refractivity contribution is 5.62. The summed E-state index contributed by atoms with van der Waals surface area (Å²) in [6.07, 6.45) is 1.49. The van der Waals surface area contributed by atoms with E-state index in [1.54, 1.807) is 11.7 Å². The third-order valence-electron chi connectivity index (χ3n) is 3.60. The van der Waals surface area contributed by atoms with Crippen LogP contribution in [-0.4, -0.2) is 39.9 Å². The van der Waals surface area contributed by atoms with E-state index in [1.165, 1.54) is 0 Å². The number of nitro groups is 1. The lowest BCUT2D eigenvalue weighted by Gasteiger charge is -2.39. The van der Waals surface area contributed by atoms with Gasteiger partial charge in [-0.2, -0.15) is 5.10 Å². The van der Waals surface area contributed by atoms with Crippen LogP contribution in [0.2, 0.25) is 0 Å². The molecule has 2 heterocycles. The molecule has 1 aromatic rings. The summed E-state index contributed by atoms with van der Waals surface area (Å²) in [4.78, 5) is 13.2. The predicted octanol–water partition coefficient (Wildman–Crippen LogP) is 1.47. The van der Waals surface area contributed by atoms with Gasteiger partial charge in [-0.3, -0.25) is 10.1 Å². The Balaban J connectivity index is 2.42. The van der Waals surface area contributed by atoms with Gasteiger partial charge in [0.2, 0.25) is 5.82 Å². The molecule has 1 aliphatic rings. The van der Waals surface area contributed by atoms with Crippen LogP contribution >= 0.6 is 0 Å². The van der Waals surface area contributed by atoms with E-state index >= 15 is 0 Å². The van der Waals surface area contributed by atoms with Gasteiger partial charge in [-0.05, 0) is 20.3 Å². The van der Waals surface area contributed by atoms with Gasteiger partial charge in [-0.1, -0.05) is 13.3 Å². The normalized spacial score (nSPS) is 18.3. The van der Waals surface area contributed by atoms with Crippen LogP contribution in [0, 0.1) is 10.1 Å². The number of rotatable bonds is 4. The Bertz CT molecular complexity index is 509. The maximum atomic E-state index is 11.4. The smallest absolute Gasteiger partial charge is 0.334 e. The Hall–Kier alpha value is -1.63. The second-order valence-electron chi connectivity index (χ2n) is 5.98. The van der Waals surface area contributed by atoms with Crippen LogP contribution in [0.25, 0.3) is 0 Å². The third kappa shape index (κ3) is 2.77. The van der Waals surface area contributed by atoms with E-state index in [1.807, 2.05) is 6.92 Å². The molecule has 0 aromatic carbocycles. The van der Waals surface area contributed by atoms with Crippen molar-refractivity contribution in [2.45, 2.75) is 39.2 Å². The first-order chi connectivity index (χ1) is 9.35. The van der Waals surface area contributed by atoms with Crippen molar-refractivity contribution in [3.05, 3.63) is 15.8 Å². The van der Waals surface area contributed by atoms with Gasteiger partial charge < -0.3 is 10.2 Å². The maximum Gasteiger partial charge on any atom is 0.334 e. The summed E-state index contributed by atoms with van der Waals surface area (Å²) in [5, 5.41) is 19.2. The van der Waals surface area contributed by atoms with Crippen LogP contribution in [0.1, 0.15) is 32.9 Å². The van der Waals surface area contributed by atoms with E-state index in [-0.39, 0.29) is 16.1 Å². The first-order valence-electron chi connectivity index (χ1n) is 7.06. The van der Waals surface area contributed by atoms with Crippen molar-refractivity contribution in [2.75, 3.05) is 24.5 Å². The number of hydrogen-bond acceptors (Lipinski definition) is 5.